The van der Waals surface area contributed by atoms with E-state index in [0.717, 1.165) is 17.6 Å². The first kappa shape index (κ1) is 24.5. The van der Waals surface area contributed by atoms with Crippen molar-refractivity contribution in [3.8, 4) is 0 Å². The molecule has 6 nitrogen and oxygen atoms in total. The fourth-order valence-corrected chi connectivity index (χ4v) is 4.91. The Balaban J connectivity index is 5.70. The van der Waals surface area contributed by atoms with Crippen molar-refractivity contribution < 1.29 is 28.7 Å². The Kier molecular flexibility index (Phi) is 9.82. The molecule has 0 unspecified atom stereocenters. The van der Waals surface area contributed by atoms with Crippen molar-refractivity contribution >= 4 is 15.2 Å². The molecule has 146 valence electrons. The van der Waals surface area contributed by atoms with Crippen LogP contribution in [0.4, 0.5) is 0 Å². The summed E-state index contributed by atoms with van der Waals surface area (Å²) in [6, 6.07) is 0. The maximum Gasteiger partial charge on any atom is 0.344 e. The minimum atomic E-state index is -5.06. The Labute approximate surface area is 151 Å². The van der Waals surface area contributed by atoms with Crippen LogP contribution >= 0.6 is 15.2 Å². The summed E-state index contributed by atoms with van der Waals surface area (Å²) < 4.78 is 24.1. The molecule has 0 aromatic heterocycles. The van der Waals surface area contributed by atoms with Crippen LogP contribution in [0.1, 0.15) is 66.7 Å². The van der Waals surface area contributed by atoms with Crippen molar-refractivity contribution in [2.24, 2.45) is 0 Å². The smallest absolute Gasteiger partial charge is 0.324 e. The first-order chi connectivity index (χ1) is 11.3. The molecule has 0 heterocycles. The van der Waals surface area contributed by atoms with E-state index >= 15 is 0 Å². The van der Waals surface area contributed by atoms with E-state index in [2.05, 4.69) is 0 Å². The van der Waals surface area contributed by atoms with E-state index in [4.69, 9.17) is 0 Å². The van der Waals surface area contributed by atoms with Crippen LogP contribution < -0.4 is 0 Å². The van der Waals surface area contributed by atoms with Gasteiger partial charge in [0.05, 0.1) is 0 Å². The molecule has 0 aromatic rings. The van der Waals surface area contributed by atoms with E-state index in [1.165, 1.54) is 11.6 Å². The van der Waals surface area contributed by atoms with Crippen LogP contribution in [0.3, 0.4) is 0 Å². The molecule has 8 heteroatoms. The highest BCUT2D eigenvalue weighted by Crippen LogP contribution is 2.72. The molecule has 0 spiro atoms. The second-order valence-corrected chi connectivity index (χ2v) is 11.0. The zero-order chi connectivity index (χ0) is 19.9. The van der Waals surface area contributed by atoms with E-state index in [1.807, 2.05) is 26.8 Å². The number of hydrogen-bond donors (Lipinski definition) is 4. The van der Waals surface area contributed by atoms with Crippen molar-refractivity contribution in [1.29, 1.82) is 0 Å². The summed E-state index contributed by atoms with van der Waals surface area (Å²) in [5.41, 5.74) is 2.85. The van der Waals surface area contributed by atoms with Gasteiger partial charge in [-0.3, -0.25) is 9.13 Å². The fraction of sp³-hybridized carbons (Fsp3) is 0.647. The van der Waals surface area contributed by atoms with Crippen LogP contribution in [-0.2, 0) is 9.13 Å². The number of allylic oxidation sites excluding steroid dienone is 6. The maximum absolute atomic E-state index is 12.1. The summed E-state index contributed by atoms with van der Waals surface area (Å²) in [7, 11) is -10.1. The summed E-state index contributed by atoms with van der Waals surface area (Å²) in [4.78, 5) is 36.6. The van der Waals surface area contributed by atoms with Gasteiger partial charge in [-0.1, -0.05) is 41.9 Å². The second kappa shape index (κ2) is 10.0. The first-order valence-electron chi connectivity index (χ1n) is 8.32. The van der Waals surface area contributed by atoms with Crippen molar-refractivity contribution in [2.45, 2.75) is 71.6 Å². The second-order valence-electron chi connectivity index (χ2n) is 6.75. The Hall–Kier alpha value is -0.480. The molecular formula is C17H32O6P2. The van der Waals surface area contributed by atoms with Crippen LogP contribution in [0.15, 0.2) is 34.9 Å². The van der Waals surface area contributed by atoms with E-state index in [9.17, 15) is 28.7 Å². The monoisotopic (exact) mass is 394 g/mol. The predicted octanol–water partition coefficient (Wildman–Crippen LogP) is 4.87. The highest BCUT2D eigenvalue weighted by molar-refractivity contribution is 7.72. The van der Waals surface area contributed by atoms with Crippen LogP contribution in [-0.4, -0.2) is 24.5 Å². The maximum atomic E-state index is 12.1. The van der Waals surface area contributed by atoms with Crippen LogP contribution in [0.2, 0.25) is 0 Å². The zero-order valence-electron chi connectivity index (χ0n) is 15.8. The minimum Gasteiger partial charge on any atom is -0.324 e. The molecule has 0 aliphatic carbocycles. The lowest BCUT2D eigenvalue weighted by molar-refractivity contribution is 0.307. The largest absolute Gasteiger partial charge is 0.344 e. The van der Waals surface area contributed by atoms with Gasteiger partial charge in [-0.05, 0) is 59.8 Å². The molecule has 0 bridgehead atoms. The minimum absolute atomic E-state index is 0.362. The standard InChI is InChI=1S/C17H32O6P2/c1-6-15(4)10-12-17(24(18,19)20,25(21,22)23)13-11-16(5)9-7-8-14(2)3/h8,10-11H,6-7,9,12-13H2,1-5H3,(H2,18,19,20)(H2,21,22,23)/b15-10+,16-11+. The van der Waals surface area contributed by atoms with Gasteiger partial charge in [-0.15, -0.1) is 0 Å². The van der Waals surface area contributed by atoms with Crippen LogP contribution in [0.5, 0.6) is 0 Å². The van der Waals surface area contributed by atoms with Gasteiger partial charge in [0.2, 0.25) is 0 Å². The third-order valence-corrected chi connectivity index (χ3v) is 8.75. The molecule has 0 fully saturated rings. The molecule has 0 radical (unpaired) electrons. The predicted molar refractivity (Wildman–Crippen MR) is 103 cm³/mol. The van der Waals surface area contributed by atoms with Crippen molar-refractivity contribution in [2.75, 3.05) is 0 Å². The van der Waals surface area contributed by atoms with E-state index in [-0.39, 0.29) is 12.8 Å². The molecule has 0 saturated heterocycles. The lowest BCUT2D eigenvalue weighted by Crippen LogP contribution is -2.28. The van der Waals surface area contributed by atoms with Crippen molar-refractivity contribution in [1.82, 2.24) is 0 Å². The zero-order valence-corrected chi connectivity index (χ0v) is 17.6. The summed E-state index contributed by atoms with van der Waals surface area (Å²) in [6.07, 6.45) is 6.48. The quantitative estimate of drug-likeness (QED) is 0.310. The van der Waals surface area contributed by atoms with Crippen molar-refractivity contribution in [3.05, 3.63) is 34.9 Å². The molecule has 0 rings (SSSR count). The van der Waals surface area contributed by atoms with Gasteiger partial charge < -0.3 is 19.6 Å². The topological polar surface area (TPSA) is 115 Å². The Bertz CT molecular complexity index is 595. The average molecular weight is 394 g/mol. The van der Waals surface area contributed by atoms with Crippen LogP contribution in [0.25, 0.3) is 0 Å². The summed E-state index contributed by atoms with van der Waals surface area (Å²) >= 11 is 0. The normalized spacial score (nSPS) is 14.6. The molecule has 4 N–H and O–H groups in total. The molecule has 0 aliphatic rings. The molecule has 0 atom stereocenters. The Morgan fingerprint density at radius 1 is 0.840 bits per heavy atom. The highest BCUT2D eigenvalue weighted by atomic mass is 31.2. The van der Waals surface area contributed by atoms with Gasteiger partial charge in [0.15, 0.2) is 4.90 Å². The third-order valence-electron chi connectivity index (χ3n) is 4.29. The van der Waals surface area contributed by atoms with Gasteiger partial charge in [0.1, 0.15) is 0 Å². The average Bonchev–Trinajstić information content (AvgIpc) is 2.43. The summed E-state index contributed by atoms with van der Waals surface area (Å²) in [6.45, 7) is 9.40. The highest BCUT2D eigenvalue weighted by Gasteiger charge is 2.58. The van der Waals surface area contributed by atoms with Gasteiger partial charge in [-0.25, -0.2) is 0 Å². The van der Waals surface area contributed by atoms with Gasteiger partial charge in [0.25, 0.3) is 0 Å². The Morgan fingerprint density at radius 2 is 1.28 bits per heavy atom. The van der Waals surface area contributed by atoms with Crippen molar-refractivity contribution in [3.63, 3.8) is 0 Å². The molecule has 0 aromatic carbocycles. The molecular weight excluding hydrogens is 362 g/mol. The van der Waals surface area contributed by atoms with Gasteiger partial charge in [0, 0.05) is 0 Å². The number of hydrogen-bond acceptors (Lipinski definition) is 2. The first-order valence-corrected chi connectivity index (χ1v) is 11.5. The van der Waals surface area contributed by atoms with E-state index in [1.54, 1.807) is 19.9 Å². The Morgan fingerprint density at radius 3 is 1.64 bits per heavy atom. The molecule has 0 saturated carbocycles. The number of rotatable bonds is 10. The van der Waals surface area contributed by atoms with E-state index in [0.29, 0.717) is 12.8 Å². The fourth-order valence-electron chi connectivity index (χ4n) is 2.24. The molecule has 25 heavy (non-hydrogen) atoms. The lowest BCUT2D eigenvalue weighted by atomic mass is 10.1. The lowest BCUT2D eigenvalue weighted by Gasteiger charge is -2.33. The van der Waals surface area contributed by atoms with Gasteiger partial charge >= 0.3 is 15.2 Å². The summed E-state index contributed by atoms with van der Waals surface area (Å²) in [5.74, 6) is 0. The third kappa shape index (κ3) is 7.74. The van der Waals surface area contributed by atoms with E-state index < -0.39 is 20.1 Å². The van der Waals surface area contributed by atoms with Crippen LogP contribution in [0, 0.1) is 0 Å². The molecule has 0 aliphatic heterocycles. The summed E-state index contributed by atoms with van der Waals surface area (Å²) in [5, 5.41) is 0. The molecule has 0 amide bonds. The SMILES string of the molecule is CC/C(C)=C/CC(C/C=C(\C)CCC=C(C)C)(P(=O)(O)O)P(=O)(O)O. The van der Waals surface area contributed by atoms with Gasteiger partial charge in [-0.2, -0.15) is 0 Å².